The van der Waals surface area contributed by atoms with Gasteiger partial charge in [-0.05, 0) is 19.4 Å². The summed E-state index contributed by atoms with van der Waals surface area (Å²) in [5, 5.41) is 0. The molecule has 0 saturated heterocycles. The van der Waals surface area contributed by atoms with Gasteiger partial charge < -0.3 is 10.5 Å². The number of hydrogen-bond acceptors (Lipinski definition) is 2. The van der Waals surface area contributed by atoms with E-state index >= 15 is 0 Å². The molecule has 0 aliphatic heterocycles. The molecule has 0 spiro atoms. The van der Waals surface area contributed by atoms with E-state index in [2.05, 4.69) is 11.8 Å². The Balaban J connectivity index is 2.49. The molecule has 0 fully saturated rings. The Kier molecular flexibility index (Phi) is 5.38. The van der Waals surface area contributed by atoms with Crippen LogP contribution >= 0.6 is 0 Å². The summed E-state index contributed by atoms with van der Waals surface area (Å²) in [6.07, 6.45) is 1.57. The minimum absolute atomic E-state index is 0.185. The third-order valence-electron chi connectivity index (χ3n) is 2.14. The predicted octanol–water partition coefficient (Wildman–Crippen LogP) is 2.47. The Morgan fingerprint density at radius 3 is 2.94 bits per heavy atom. The van der Waals surface area contributed by atoms with Gasteiger partial charge in [0.05, 0.1) is 6.61 Å². The van der Waals surface area contributed by atoms with Crippen molar-refractivity contribution in [1.29, 1.82) is 0 Å². The molecule has 0 bridgehead atoms. The smallest absolute Gasteiger partial charge is 0.169 e. The normalized spacial score (nSPS) is 9.44. The molecule has 3 heteroatoms. The van der Waals surface area contributed by atoms with Gasteiger partial charge in [-0.1, -0.05) is 12.1 Å². The van der Waals surface area contributed by atoms with Crippen LogP contribution < -0.4 is 10.5 Å². The minimum atomic E-state index is -0.355. The van der Waals surface area contributed by atoms with Gasteiger partial charge in [0.2, 0.25) is 0 Å². The van der Waals surface area contributed by atoms with E-state index < -0.39 is 0 Å². The fraction of sp³-hybridized carbons (Fsp3) is 0.385. The van der Waals surface area contributed by atoms with Crippen molar-refractivity contribution in [2.75, 3.05) is 6.61 Å². The van der Waals surface area contributed by atoms with Crippen LogP contribution in [0.1, 0.15) is 25.3 Å². The Hall–Kier alpha value is -1.53. The topological polar surface area (TPSA) is 35.2 Å². The fourth-order valence-corrected chi connectivity index (χ4v) is 1.29. The van der Waals surface area contributed by atoms with Gasteiger partial charge in [-0.15, -0.1) is 11.8 Å². The molecule has 2 nitrogen and oxygen atoms in total. The number of nitrogens with two attached hydrogens (primary N) is 1. The van der Waals surface area contributed by atoms with E-state index in [0.29, 0.717) is 12.2 Å². The lowest BCUT2D eigenvalue weighted by atomic mass is 10.2. The average molecular weight is 221 g/mol. The standard InChI is InChI=1S/C13H16FNO/c1-2-3-4-5-9-16-12-8-6-7-11(10-15)13(12)14/h6-8H,4-5,9-10,15H2,1H3. The number of hydrogen-bond donors (Lipinski definition) is 1. The molecule has 0 amide bonds. The van der Waals surface area contributed by atoms with Crippen LogP contribution in [0.3, 0.4) is 0 Å². The summed E-state index contributed by atoms with van der Waals surface area (Å²) >= 11 is 0. The lowest BCUT2D eigenvalue weighted by Crippen LogP contribution is -2.04. The van der Waals surface area contributed by atoms with E-state index in [9.17, 15) is 4.39 Å². The van der Waals surface area contributed by atoms with Crippen molar-refractivity contribution in [1.82, 2.24) is 0 Å². The van der Waals surface area contributed by atoms with Crippen molar-refractivity contribution < 1.29 is 9.13 Å². The van der Waals surface area contributed by atoms with Gasteiger partial charge in [-0.2, -0.15) is 0 Å². The Morgan fingerprint density at radius 2 is 2.25 bits per heavy atom. The summed E-state index contributed by atoms with van der Waals surface area (Å²) in [7, 11) is 0. The van der Waals surface area contributed by atoms with Gasteiger partial charge in [-0.3, -0.25) is 0 Å². The first kappa shape index (κ1) is 12.5. The SMILES string of the molecule is CC#CCCCOc1cccc(CN)c1F. The van der Waals surface area contributed by atoms with Crippen molar-refractivity contribution in [2.24, 2.45) is 5.73 Å². The van der Waals surface area contributed by atoms with Crippen LogP contribution in [0.4, 0.5) is 4.39 Å². The first-order chi connectivity index (χ1) is 7.79. The van der Waals surface area contributed by atoms with Crippen LogP contribution in [-0.2, 0) is 6.54 Å². The molecular weight excluding hydrogens is 205 g/mol. The monoisotopic (exact) mass is 221 g/mol. The van der Waals surface area contributed by atoms with Gasteiger partial charge in [0.15, 0.2) is 11.6 Å². The van der Waals surface area contributed by atoms with Crippen molar-refractivity contribution in [3.63, 3.8) is 0 Å². The number of ether oxygens (including phenoxy) is 1. The maximum atomic E-state index is 13.6. The van der Waals surface area contributed by atoms with Gasteiger partial charge >= 0.3 is 0 Å². The summed E-state index contributed by atoms with van der Waals surface area (Å²) in [5.41, 5.74) is 5.88. The molecule has 0 aliphatic carbocycles. The molecule has 2 N–H and O–H groups in total. The average Bonchev–Trinajstić information content (AvgIpc) is 2.31. The summed E-state index contributed by atoms with van der Waals surface area (Å²) in [6.45, 7) is 2.45. The number of benzene rings is 1. The molecule has 0 atom stereocenters. The van der Waals surface area contributed by atoms with Crippen LogP contribution in [0.2, 0.25) is 0 Å². The maximum absolute atomic E-state index is 13.6. The van der Waals surface area contributed by atoms with Crippen LogP contribution in [0.25, 0.3) is 0 Å². The zero-order valence-corrected chi connectivity index (χ0v) is 9.42. The van der Waals surface area contributed by atoms with E-state index in [-0.39, 0.29) is 18.1 Å². The van der Waals surface area contributed by atoms with Crippen molar-refractivity contribution in [3.8, 4) is 17.6 Å². The summed E-state index contributed by atoms with van der Waals surface area (Å²) in [6, 6.07) is 5.01. The van der Waals surface area contributed by atoms with Gasteiger partial charge in [-0.25, -0.2) is 4.39 Å². The minimum Gasteiger partial charge on any atom is -0.490 e. The number of halogens is 1. The first-order valence-electron chi connectivity index (χ1n) is 5.29. The Bertz CT molecular complexity index is 393. The lowest BCUT2D eigenvalue weighted by Gasteiger charge is -2.08. The molecule has 0 saturated carbocycles. The van der Waals surface area contributed by atoms with E-state index in [0.717, 1.165) is 12.8 Å². The van der Waals surface area contributed by atoms with Crippen molar-refractivity contribution >= 4 is 0 Å². The second-order valence-corrected chi connectivity index (χ2v) is 3.31. The number of rotatable bonds is 5. The highest BCUT2D eigenvalue weighted by Crippen LogP contribution is 2.20. The van der Waals surface area contributed by atoms with Crippen molar-refractivity contribution in [3.05, 3.63) is 29.6 Å². The highest BCUT2D eigenvalue weighted by molar-refractivity contribution is 5.30. The quantitative estimate of drug-likeness (QED) is 0.612. The Morgan fingerprint density at radius 1 is 1.44 bits per heavy atom. The summed E-state index contributed by atoms with van der Waals surface area (Å²) in [5.74, 6) is 5.64. The summed E-state index contributed by atoms with van der Waals surface area (Å²) < 4.78 is 18.9. The van der Waals surface area contributed by atoms with Gasteiger partial charge in [0, 0.05) is 18.5 Å². The van der Waals surface area contributed by atoms with Gasteiger partial charge in [0.1, 0.15) is 0 Å². The zero-order valence-electron chi connectivity index (χ0n) is 9.42. The summed E-state index contributed by atoms with van der Waals surface area (Å²) in [4.78, 5) is 0. The molecule has 1 aromatic carbocycles. The first-order valence-corrected chi connectivity index (χ1v) is 5.29. The van der Waals surface area contributed by atoms with Crippen LogP contribution in [-0.4, -0.2) is 6.61 Å². The molecular formula is C13H16FNO. The largest absolute Gasteiger partial charge is 0.490 e. The van der Waals surface area contributed by atoms with E-state index in [1.54, 1.807) is 25.1 Å². The molecule has 0 aliphatic rings. The van der Waals surface area contributed by atoms with Gasteiger partial charge in [0.25, 0.3) is 0 Å². The molecule has 1 rings (SSSR count). The second kappa shape index (κ2) is 6.86. The van der Waals surface area contributed by atoms with E-state index in [1.807, 2.05) is 0 Å². The van der Waals surface area contributed by atoms with E-state index in [4.69, 9.17) is 10.5 Å². The Labute approximate surface area is 95.6 Å². The van der Waals surface area contributed by atoms with Crippen molar-refractivity contribution in [2.45, 2.75) is 26.3 Å². The molecule has 16 heavy (non-hydrogen) atoms. The third-order valence-corrected chi connectivity index (χ3v) is 2.14. The second-order valence-electron chi connectivity index (χ2n) is 3.31. The highest BCUT2D eigenvalue weighted by atomic mass is 19.1. The van der Waals surface area contributed by atoms with Crippen LogP contribution in [0.15, 0.2) is 18.2 Å². The number of unbranched alkanes of at least 4 members (excludes halogenated alkanes) is 1. The van der Waals surface area contributed by atoms with Crippen LogP contribution in [0.5, 0.6) is 5.75 Å². The predicted molar refractivity (Wildman–Crippen MR) is 62.5 cm³/mol. The molecule has 1 aromatic rings. The third kappa shape index (κ3) is 3.56. The molecule has 0 radical (unpaired) electrons. The maximum Gasteiger partial charge on any atom is 0.169 e. The van der Waals surface area contributed by atoms with E-state index in [1.165, 1.54) is 0 Å². The fourth-order valence-electron chi connectivity index (χ4n) is 1.29. The molecule has 0 unspecified atom stereocenters. The molecule has 0 heterocycles. The zero-order chi connectivity index (χ0) is 11.8. The highest BCUT2D eigenvalue weighted by Gasteiger charge is 2.06. The molecule has 86 valence electrons. The van der Waals surface area contributed by atoms with Crippen LogP contribution in [0, 0.1) is 17.7 Å². The lowest BCUT2D eigenvalue weighted by molar-refractivity contribution is 0.296. The molecule has 0 aromatic heterocycles.